The second kappa shape index (κ2) is 3.78. The maximum absolute atomic E-state index is 10.9. The number of nitrogens with zero attached hydrogens (tertiary/aromatic N) is 3. The molecule has 0 bridgehead atoms. The first kappa shape index (κ1) is 9.79. The fourth-order valence-corrected chi connectivity index (χ4v) is 1.24. The van der Waals surface area contributed by atoms with Gasteiger partial charge in [-0.25, -0.2) is 0 Å². The number of Topliss-reactive ketones (excluding diaryl/α,β-unsaturated/α-hetero) is 1. The Kier molecular flexibility index (Phi) is 2.47. The van der Waals surface area contributed by atoms with Gasteiger partial charge in [-0.3, -0.25) is 9.78 Å². The van der Waals surface area contributed by atoms with E-state index in [1.807, 2.05) is 0 Å². The van der Waals surface area contributed by atoms with Crippen LogP contribution < -0.4 is 0 Å². The summed E-state index contributed by atoms with van der Waals surface area (Å²) in [6, 6.07) is 1.65. The van der Waals surface area contributed by atoms with Crippen LogP contribution in [0.4, 0.5) is 0 Å². The van der Waals surface area contributed by atoms with Crippen molar-refractivity contribution in [3.05, 3.63) is 29.4 Å². The molecule has 0 N–H and O–H groups in total. The summed E-state index contributed by atoms with van der Waals surface area (Å²) in [6.45, 7) is 1.35. The molecule has 0 aliphatic carbocycles. The first-order valence-electron chi connectivity index (χ1n) is 4.13. The number of ketones is 1. The van der Waals surface area contributed by atoms with E-state index in [4.69, 9.17) is 16.1 Å². The summed E-state index contributed by atoms with van der Waals surface area (Å²) in [5.74, 6) is -0.0237. The Labute approximate surface area is 90.1 Å². The van der Waals surface area contributed by atoms with Crippen LogP contribution in [0.25, 0.3) is 11.4 Å². The Morgan fingerprint density at radius 2 is 2.33 bits per heavy atom. The van der Waals surface area contributed by atoms with E-state index in [0.29, 0.717) is 10.6 Å². The molecule has 0 saturated heterocycles. The average molecular weight is 224 g/mol. The van der Waals surface area contributed by atoms with Crippen molar-refractivity contribution >= 4 is 17.4 Å². The fraction of sp³-hybridized carbons (Fsp3) is 0.111. The molecule has 2 aromatic heterocycles. The molecule has 2 rings (SSSR count). The molecule has 6 heteroatoms. The number of carbonyl (C=O) groups excluding carboxylic acids is 1. The van der Waals surface area contributed by atoms with Crippen LogP contribution in [0.15, 0.2) is 23.0 Å². The molecule has 0 aliphatic rings. The molecule has 2 heterocycles. The van der Waals surface area contributed by atoms with E-state index in [2.05, 4.69) is 15.1 Å². The Bertz CT molecular complexity index is 510. The van der Waals surface area contributed by atoms with Gasteiger partial charge in [0.2, 0.25) is 11.6 Å². The van der Waals surface area contributed by atoms with E-state index >= 15 is 0 Å². The second-order valence-corrected chi connectivity index (χ2v) is 3.24. The molecular formula is C9H6ClN3O2. The lowest BCUT2D eigenvalue weighted by atomic mass is 10.2. The summed E-state index contributed by atoms with van der Waals surface area (Å²) in [6.07, 6.45) is 3.03. The van der Waals surface area contributed by atoms with Gasteiger partial charge >= 0.3 is 0 Å². The van der Waals surface area contributed by atoms with E-state index < -0.39 is 0 Å². The minimum atomic E-state index is -0.279. The van der Waals surface area contributed by atoms with Gasteiger partial charge in [-0.2, -0.15) is 4.98 Å². The predicted octanol–water partition coefficient (Wildman–Crippen LogP) is 1.99. The zero-order valence-electron chi connectivity index (χ0n) is 7.77. The first-order chi connectivity index (χ1) is 7.18. The summed E-state index contributed by atoms with van der Waals surface area (Å²) in [7, 11) is 0. The number of hydrogen-bond acceptors (Lipinski definition) is 5. The molecule has 2 aromatic rings. The van der Waals surface area contributed by atoms with Crippen molar-refractivity contribution in [2.45, 2.75) is 6.92 Å². The van der Waals surface area contributed by atoms with Crippen LogP contribution >= 0.6 is 11.6 Å². The number of aromatic nitrogens is 3. The topological polar surface area (TPSA) is 68.9 Å². The van der Waals surface area contributed by atoms with Gasteiger partial charge in [-0.1, -0.05) is 16.8 Å². The van der Waals surface area contributed by atoms with E-state index in [9.17, 15) is 4.79 Å². The number of carbonyl (C=O) groups is 1. The second-order valence-electron chi connectivity index (χ2n) is 2.83. The Hall–Kier alpha value is -1.75. The molecule has 0 unspecified atom stereocenters. The van der Waals surface area contributed by atoms with Crippen molar-refractivity contribution in [2.24, 2.45) is 0 Å². The number of hydrogen-bond donors (Lipinski definition) is 0. The maximum atomic E-state index is 10.9. The van der Waals surface area contributed by atoms with Crippen molar-refractivity contribution in [3.8, 4) is 11.4 Å². The third-order valence-corrected chi connectivity index (χ3v) is 2.04. The minimum Gasteiger partial charge on any atom is -0.330 e. The van der Waals surface area contributed by atoms with Gasteiger partial charge in [0.1, 0.15) is 0 Å². The molecule has 0 saturated carbocycles. The first-order valence-corrected chi connectivity index (χ1v) is 4.51. The zero-order valence-corrected chi connectivity index (χ0v) is 8.52. The molecule has 76 valence electrons. The molecule has 0 aromatic carbocycles. The molecule has 5 nitrogen and oxygen atoms in total. The summed E-state index contributed by atoms with van der Waals surface area (Å²) >= 11 is 5.88. The van der Waals surface area contributed by atoms with Crippen molar-refractivity contribution in [3.63, 3.8) is 0 Å². The van der Waals surface area contributed by atoms with Crippen LogP contribution in [-0.2, 0) is 0 Å². The Morgan fingerprint density at radius 1 is 1.53 bits per heavy atom. The lowest BCUT2D eigenvalue weighted by Gasteiger charge is -1.94. The lowest BCUT2D eigenvalue weighted by Crippen LogP contribution is -1.91. The van der Waals surface area contributed by atoms with Crippen molar-refractivity contribution < 1.29 is 9.32 Å². The number of pyridine rings is 1. The quantitative estimate of drug-likeness (QED) is 0.729. The van der Waals surface area contributed by atoms with Gasteiger partial charge in [0.25, 0.3) is 5.89 Å². The van der Waals surface area contributed by atoms with E-state index in [1.165, 1.54) is 13.1 Å². The largest absolute Gasteiger partial charge is 0.330 e. The monoisotopic (exact) mass is 223 g/mol. The van der Waals surface area contributed by atoms with Gasteiger partial charge in [-0.15, -0.1) is 0 Å². The molecule has 0 amide bonds. The highest BCUT2D eigenvalue weighted by Crippen LogP contribution is 2.23. The molecular weight excluding hydrogens is 218 g/mol. The summed E-state index contributed by atoms with van der Waals surface area (Å²) < 4.78 is 4.75. The van der Waals surface area contributed by atoms with E-state index in [0.717, 1.165) is 0 Å². The van der Waals surface area contributed by atoms with E-state index in [1.54, 1.807) is 12.3 Å². The predicted molar refractivity (Wildman–Crippen MR) is 52.5 cm³/mol. The SMILES string of the molecule is CC(=O)c1nc(-c2ccncc2Cl)no1. The van der Waals surface area contributed by atoms with E-state index in [-0.39, 0.29) is 17.5 Å². The lowest BCUT2D eigenvalue weighted by molar-refractivity contribution is 0.0972. The third kappa shape index (κ3) is 1.87. The van der Waals surface area contributed by atoms with Crippen LogP contribution in [0.3, 0.4) is 0 Å². The Balaban J connectivity index is 2.46. The number of halogens is 1. The van der Waals surface area contributed by atoms with Crippen LogP contribution in [-0.4, -0.2) is 20.9 Å². The van der Waals surface area contributed by atoms with Crippen molar-refractivity contribution in [1.29, 1.82) is 0 Å². The smallest absolute Gasteiger partial charge is 0.294 e. The van der Waals surface area contributed by atoms with Crippen molar-refractivity contribution in [1.82, 2.24) is 15.1 Å². The van der Waals surface area contributed by atoms with Gasteiger partial charge < -0.3 is 4.52 Å². The summed E-state index contributed by atoms with van der Waals surface area (Å²) in [4.78, 5) is 18.7. The van der Waals surface area contributed by atoms with Gasteiger partial charge in [0.05, 0.1) is 5.02 Å². The molecule has 0 spiro atoms. The van der Waals surface area contributed by atoms with Crippen LogP contribution in [0.2, 0.25) is 5.02 Å². The summed E-state index contributed by atoms with van der Waals surface area (Å²) in [5, 5.41) is 4.06. The fourth-order valence-electron chi connectivity index (χ4n) is 1.03. The Morgan fingerprint density at radius 3 is 2.93 bits per heavy atom. The van der Waals surface area contributed by atoms with Crippen LogP contribution in [0, 0.1) is 0 Å². The molecule has 0 radical (unpaired) electrons. The maximum Gasteiger partial charge on any atom is 0.294 e. The van der Waals surface area contributed by atoms with Crippen LogP contribution in [0.5, 0.6) is 0 Å². The van der Waals surface area contributed by atoms with Gasteiger partial charge in [0, 0.05) is 24.9 Å². The molecule has 15 heavy (non-hydrogen) atoms. The highest BCUT2D eigenvalue weighted by Gasteiger charge is 2.13. The molecule has 0 aliphatic heterocycles. The average Bonchev–Trinajstić information content (AvgIpc) is 2.67. The highest BCUT2D eigenvalue weighted by molar-refractivity contribution is 6.33. The highest BCUT2D eigenvalue weighted by atomic mass is 35.5. The number of rotatable bonds is 2. The third-order valence-electron chi connectivity index (χ3n) is 1.74. The van der Waals surface area contributed by atoms with Gasteiger partial charge in [0.15, 0.2) is 0 Å². The summed E-state index contributed by atoms with van der Waals surface area (Å²) in [5.41, 5.74) is 0.586. The molecule has 0 fully saturated rings. The normalized spacial score (nSPS) is 10.3. The standard InChI is InChI=1S/C9H6ClN3O2/c1-5(14)9-12-8(13-15-9)6-2-3-11-4-7(6)10/h2-4H,1H3. The van der Waals surface area contributed by atoms with Gasteiger partial charge in [-0.05, 0) is 6.07 Å². The molecule has 0 atom stereocenters. The zero-order chi connectivity index (χ0) is 10.8. The van der Waals surface area contributed by atoms with Crippen molar-refractivity contribution in [2.75, 3.05) is 0 Å². The minimum absolute atomic E-state index is 0.0297. The van der Waals surface area contributed by atoms with Crippen LogP contribution in [0.1, 0.15) is 17.6 Å².